The number of benzene rings is 4. The summed E-state index contributed by atoms with van der Waals surface area (Å²) in [5, 5.41) is 0. The molecule has 0 saturated heterocycles. The highest BCUT2D eigenvalue weighted by Gasteiger charge is 2.53. The summed E-state index contributed by atoms with van der Waals surface area (Å²) < 4.78 is 27.0. The van der Waals surface area contributed by atoms with Crippen molar-refractivity contribution in [3.63, 3.8) is 0 Å². The molecule has 0 aromatic heterocycles. The van der Waals surface area contributed by atoms with Gasteiger partial charge in [-0.1, -0.05) is 109 Å². The maximum absolute atomic E-state index is 6.93. The van der Waals surface area contributed by atoms with Crippen molar-refractivity contribution in [2.45, 2.75) is 93.1 Å². The van der Waals surface area contributed by atoms with Crippen LogP contribution < -0.4 is 18.9 Å². The number of fused-ring (bicyclic) bond motifs is 11. The molecular weight excluding hydrogens is 604 g/mol. The van der Waals surface area contributed by atoms with Gasteiger partial charge in [-0.15, -0.1) is 0 Å². The summed E-state index contributed by atoms with van der Waals surface area (Å²) in [6.07, 6.45) is 3.22. The van der Waals surface area contributed by atoms with Crippen LogP contribution >= 0.6 is 0 Å². The lowest BCUT2D eigenvalue weighted by Gasteiger charge is -2.32. The van der Waals surface area contributed by atoms with Crippen LogP contribution in [0.2, 0.25) is 0 Å². The highest BCUT2D eigenvalue weighted by atomic mass is 16.5. The Kier molecular flexibility index (Phi) is 8.96. The molecule has 2 aliphatic carbocycles. The lowest BCUT2D eigenvalue weighted by Crippen LogP contribution is -2.33. The number of ether oxygens (including phenoxy) is 4. The first kappa shape index (κ1) is 33.6. The van der Waals surface area contributed by atoms with E-state index in [1.807, 2.05) is 0 Å². The Hall–Kier alpha value is -3.92. The molecule has 3 aliphatic rings. The van der Waals surface area contributed by atoms with Crippen molar-refractivity contribution in [3.05, 3.63) is 94.0 Å². The molecule has 4 atom stereocenters. The van der Waals surface area contributed by atoms with Gasteiger partial charge >= 0.3 is 0 Å². The average molecular weight is 659 g/mol. The smallest absolute Gasteiger partial charge is 0.162 e. The molecule has 0 N–H and O–H groups in total. The quantitative estimate of drug-likeness (QED) is 0.147. The van der Waals surface area contributed by atoms with Crippen LogP contribution in [0.1, 0.15) is 101 Å². The zero-order valence-corrected chi connectivity index (χ0v) is 31.0. The summed E-state index contributed by atoms with van der Waals surface area (Å²) in [6, 6.07) is 23.1. The number of hydrogen-bond donors (Lipinski definition) is 0. The normalized spacial score (nSPS) is 19.1. The second-order valence-corrected chi connectivity index (χ2v) is 15.5. The van der Waals surface area contributed by atoms with Gasteiger partial charge in [-0.05, 0) is 107 Å². The van der Waals surface area contributed by atoms with Gasteiger partial charge in [0.05, 0.1) is 25.2 Å². The van der Waals surface area contributed by atoms with Crippen LogP contribution in [0.3, 0.4) is 0 Å². The third-order valence-corrected chi connectivity index (χ3v) is 11.5. The maximum Gasteiger partial charge on any atom is 0.162 e. The molecule has 7 rings (SSSR count). The number of hydrogen-bond acceptors (Lipinski definition) is 4. The molecule has 1 spiro atoms. The van der Waals surface area contributed by atoms with E-state index in [2.05, 4.69) is 123 Å². The Bertz CT molecular complexity index is 1820. The van der Waals surface area contributed by atoms with E-state index in [-0.39, 0.29) is 6.10 Å². The third-order valence-electron chi connectivity index (χ3n) is 11.5. The fraction of sp³-hybridized carbons (Fsp3) is 0.467. The highest BCUT2D eigenvalue weighted by molar-refractivity contribution is 5.96. The van der Waals surface area contributed by atoms with Gasteiger partial charge in [0.15, 0.2) is 23.0 Å². The monoisotopic (exact) mass is 658 g/mol. The Labute approximate surface area is 294 Å². The zero-order chi connectivity index (χ0) is 34.6. The van der Waals surface area contributed by atoms with Crippen LogP contribution in [0.15, 0.2) is 60.7 Å². The van der Waals surface area contributed by atoms with Gasteiger partial charge in [-0.25, -0.2) is 0 Å². The standard InChI is InChI=1S/C45H54O4/c1-10-27(6)23-46-40-19-34-35-20-43-42(48-25-31(12-3)44(49-43)26(4)5)22-39(35)45(38(34)21-41(40)47-24-28(7)11-2)36-17-29(8)13-15-32(36)33-16-14-30(9)18-37(33)45/h13-22,26-28,31,44H,10-12,23-25H2,1-9H3. The van der Waals surface area contributed by atoms with Gasteiger partial charge in [0.2, 0.25) is 0 Å². The Morgan fingerprint density at radius 3 is 1.73 bits per heavy atom. The van der Waals surface area contributed by atoms with Gasteiger partial charge in [-0.2, -0.15) is 0 Å². The van der Waals surface area contributed by atoms with Crippen molar-refractivity contribution in [1.29, 1.82) is 0 Å². The zero-order valence-electron chi connectivity index (χ0n) is 31.0. The van der Waals surface area contributed by atoms with Gasteiger partial charge in [0.1, 0.15) is 6.10 Å². The molecule has 0 bridgehead atoms. The Morgan fingerprint density at radius 1 is 0.653 bits per heavy atom. The molecular formula is C45H54O4. The van der Waals surface area contributed by atoms with Crippen LogP contribution in [0.25, 0.3) is 22.3 Å². The molecule has 4 heteroatoms. The Morgan fingerprint density at radius 2 is 1.18 bits per heavy atom. The predicted octanol–water partition coefficient (Wildman–Crippen LogP) is 11.3. The number of rotatable bonds is 10. The first-order chi connectivity index (χ1) is 23.6. The van der Waals surface area contributed by atoms with Crippen LogP contribution in [0.5, 0.6) is 23.0 Å². The highest BCUT2D eigenvalue weighted by Crippen LogP contribution is 2.65. The van der Waals surface area contributed by atoms with E-state index in [4.69, 9.17) is 18.9 Å². The molecule has 4 unspecified atom stereocenters. The molecule has 1 aliphatic heterocycles. The Balaban J connectivity index is 1.53. The van der Waals surface area contributed by atoms with Gasteiger partial charge in [0.25, 0.3) is 0 Å². The fourth-order valence-corrected chi connectivity index (χ4v) is 8.16. The average Bonchev–Trinajstić information content (AvgIpc) is 3.43. The first-order valence-electron chi connectivity index (χ1n) is 18.8. The largest absolute Gasteiger partial charge is 0.489 e. The summed E-state index contributed by atoms with van der Waals surface area (Å²) in [4.78, 5) is 0. The summed E-state index contributed by atoms with van der Waals surface area (Å²) in [7, 11) is 0. The second-order valence-electron chi connectivity index (χ2n) is 15.5. The van der Waals surface area contributed by atoms with E-state index in [0.717, 1.165) is 42.3 Å². The van der Waals surface area contributed by atoms with Crippen LogP contribution in [0.4, 0.5) is 0 Å². The van der Waals surface area contributed by atoms with Crippen molar-refractivity contribution in [2.75, 3.05) is 19.8 Å². The van der Waals surface area contributed by atoms with Crippen LogP contribution in [-0.4, -0.2) is 25.9 Å². The van der Waals surface area contributed by atoms with E-state index in [1.165, 1.54) is 55.6 Å². The van der Waals surface area contributed by atoms with Crippen molar-refractivity contribution in [2.24, 2.45) is 23.7 Å². The molecule has 49 heavy (non-hydrogen) atoms. The molecule has 1 heterocycles. The van der Waals surface area contributed by atoms with Crippen molar-refractivity contribution in [3.8, 4) is 45.3 Å². The lowest BCUT2D eigenvalue weighted by molar-refractivity contribution is 0.0798. The minimum absolute atomic E-state index is 0.0862. The van der Waals surface area contributed by atoms with Crippen molar-refractivity contribution >= 4 is 0 Å². The maximum atomic E-state index is 6.93. The van der Waals surface area contributed by atoms with Crippen LogP contribution in [-0.2, 0) is 5.41 Å². The van der Waals surface area contributed by atoms with E-state index < -0.39 is 5.41 Å². The molecule has 0 saturated carbocycles. The van der Waals surface area contributed by atoms with Gasteiger partial charge in [-0.3, -0.25) is 0 Å². The third kappa shape index (κ3) is 5.50. The SMILES string of the molecule is CCC(C)COc1cc2c(cc1OCC(C)CC)C1(c3cc(C)ccc3-c3ccc(C)cc31)c1cc3c(cc1-2)OC(C(C)C)C(CC)CO3. The molecule has 0 amide bonds. The molecule has 4 aromatic carbocycles. The van der Waals surface area contributed by atoms with Crippen LogP contribution in [0, 0.1) is 37.5 Å². The van der Waals surface area contributed by atoms with Crippen molar-refractivity contribution < 1.29 is 18.9 Å². The van der Waals surface area contributed by atoms with Gasteiger partial charge in [0, 0.05) is 5.92 Å². The first-order valence-corrected chi connectivity index (χ1v) is 18.8. The second kappa shape index (κ2) is 13.1. The van der Waals surface area contributed by atoms with Crippen molar-refractivity contribution in [1.82, 2.24) is 0 Å². The van der Waals surface area contributed by atoms with E-state index >= 15 is 0 Å². The minimum Gasteiger partial charge on any atom is -0.489 e. The molecule has 4 nitrogen and oxygen atoms in total. The summed E-state index contributed by atoms with van der Waals surface area (Å²) in [5.41, 5.74) is 12.0. The molecule has 0 fully saturated rings. The molecule has 258 valence electrons. The topological polar surface area (TPSA) is 36.9 Å². The fourth-order valence-electron chi connectivity index (χ4n) is 8.16. The molecule has 0 radical (unpaired) electrons. The minimum atomic E-state index is -0.538. The van der Waals surface area contributed by atoms with E-state index in [0.29, 0.717) is 43.5 Å². The predicted molar refractivity (Wildman–Crippen MR) is 201 cm³/mol. The van der Waals surface area contributed by atoms with Gasteiger partial charge < -0.3 is 18.9 Å². The molecule has 4 aromatic rings. The summed E-state index contributed by atoms with van der Waals surface area (Å²) >= 11 is 0. The number of aryl methyl sites for hydroxylation is 2. The van der Waals surface area contributed by atoms with E-state index in [1.54, 1.807) is 0 Å². The lowest BCUT2D eigenvalue weighted by atomic mass is 9.70. The summed E-state index contributed by atoms with van der Waals surface area (Å²) in [6.45, 7) is 22.0. The van der Waals surface area contributed by atoms with E-state index in [9.17, 15) is 0 Å². The summed E-state index contributed by atoms with van der Waals surface area (Å²) in [5.74, 6) is 4.89.